The van der Waals surface area contributed by atoms with Crippen molar-refractivity contribution in [3.8, 4) is 0 Å². The van der Waals surface area contributed by atoms with E-state index in [1.165, 1.54) is 0 Å². The molecule has 2 rings (SSSR count). The largest absolute Gasteiger partial charge is 0.383 e. The molecule has 0 aliphatic heterocycles. The predicted octanol–water partition coefficient (Wildman–Crippen LogP) is 2.01. The van der Waals surface area contributed by atoms with E-state index in [2.05, 4.69) is 16.0 Å². The number of hydrogen-bond donors (Lipinski definition) is 3. The van der Waals surface area contributed by atoms with E-state index in [4.69, 9.17) is 4.74 Å². The van der Waals surface area contributed by atoms with Gasteiger partial charge in [-0.25, -0.2) is 0 Å². The minimum atomic E-state index is -0.658. The van der Waals surface area contributed by atoms with Gasteiger partial charge in [0.15, 0.2) is 0 Å². The molecular formula is C20H26ClN3O3. The third-order valence-electron chi connectivity index (χ3n) is 3.74. The van der Waals surface area contributed by atoms with Crippen LogP contribution in [0.5, 0.6) is 0 Å². The quantitative estimate of drug-likeness (QED) is 0.541. The first-order valence-electron chi connectivity index (χ1n) is 8.58. The zero-order valence-corrected chi connectivity index (χ0v) is 16.1. The van der Waals surface area contributed by atoms with Crippen molar-refractivity contribution < 1.29 is 14.3 Å². The number of para-hydroxylation sites is 1. The second-order valence-electron chi connectivity index (χ2n) is 5.83. The average molecular weight is 392 g/mol. The van der Waals surface area contributed by atoms with Gasteiger partial charge in [-0.15, -0.1) is 12.4 Å². The van der Waals surface area contributed by atoms with Crippen LogP contribution in [-0.4, -0.2) is 44.7 Å². The summed E-state index contributed by atoms with van der Waals surface area (Å²) < 4.78 is 4.93. The molecule has 0 aromatic heterocycles. The van der Waals surface area contributed by atoms with Crippen LogP contribution in [0.2, 0.25) is 0 Å². The number of halogens is 1. The summed E-state index contributed by atoms with van der Waals surface area (Å²) in [7, 11) is 1.60. The van der Waals surface area contributed by atoms with E-state index in [0.717, 1.165) is 5.56 Å². The Kier molecular flexibility index (Phi) is 10.8. The normalized spacial score (nSPS) is 11.1. The lowest BCUT2D eigenvalue weighted by Crippen LogP contribution is -2.48. The summed E-state index contributed by atoms with van der Waals surface area (Å²) in [6.07, 6.45) is 0.420. The first-order chi connectivity index (χ1) is 12.7. The van der Waals surface area contributed by atoms with Gasteiger partial charge >= 0.3 is 0 Å². The second kappa shape index (κ2) is 12.9. The molecule has 6 nitrogen and oxygen atoms in total. The third-order valence-corrected chi connectivity index (χ3v) is 3.74. The fourth-order valence-electron chi connectivity index (χ4n) is 2.43. The third kappa shape index (κ3) is 8.68. The number of methoxy groups -OCH3 is 1. The van der Waals surface area contributed by atoms with E-state index < -0.39 is 6.04 Å². The Hall–Kier alpha value is -2.41. The summed E-state index contributed by atoms with van der Waals surface area (Å²) in [4.78, 5) is 24.8. The van der Waals surface area contributed by atoms with Crippen molar-refractivity contribution in [3.05, 3.63) is 66.2 Å². The fraction of sp³-hybridized carbons (Fsp3) is 0.300. The molecule has 0 aliphatic carbocycles. The van der Waals surface area contributed by atoms with Gasteiger partial charge in [0.25, 0.3) is 0 Å². The summed E-state index contributed by atoms with van der Waals surface area (Å²) in [6, 6.07) is 18.2. The molecule has 146 valence electrons. The van der Waals surface area contributed by atoms with E-state index in [1.54, 1.807) is 7.11 Å². The van der Waals surface area contributed by atoms with Crippen LogP contribution in [0.4, 0.5) is 5.69 Å². The Bertz CT molecular complexity index is 683. The zero-order valence-electron chi connectivity index (χ0n) is 15.3. The molecule has 27 heavy (non-hydrogen) atoms. The molecule has 0 fully saturated rings. The molecule has 0 saturated heterocycles. The Balaban J connectivity index is 0.00000364. The van der Waals surface area contributed by atoms with Gasteiger partial charge in [0.1, 0.15) is 6.04 Å². The van der Waals surface area contributed by atoms with Gasteiger partial charge in [-0.1, -0.05) is 48.5 Å². The number of rotatable bonds is 10. The molecule has 0 spiro atoms. The molecule has 2 aromatic carbocycles. The van der Waals surface area contributed by atoms with E-state index in [1.807, 2.05) is 60.7 Å². The van der Waals surface area contributed by atoms with Crippen LogP contribution in [0.25, 0.3) is 0 Å². The van der Waals surface area contributed by atoms with Crippen LogP contribution in [0.1, 0.15) is 5.56 Å². The molecular weight excluding hydrogens is 366 g/mol. The van der Waals surface area contributed by atoms with Crippen LogP contribution in [0, 0.1) is 0 Å². The Morgan fingerprint density at radius 3 is 2.26 bits per heavy atom. The van der Waals surface area contributed by atoms with Crippen molar-refractivity contribution in [2.24, 2.45) is 0 Å². The predicted molar refractivity (Wildman–Crippen MR) is 109 cm³/mol. The average Bonchev–Trinajstić information content (AvgIpc) is 2.66. The maximum Gasteiger partial charge on any atom is 0.247 e. The van der Waals surface area contributed by atoms with Gasteiger partial charge in [0, 0.05) is 25.8 Å². The molecule has 7 heteroatoms. The smallest absolute Gasteiger partial charge is 0.247 e. The minimum absolute atomic E-state index is 0. The van der Waals surface area contributed by atoms with E-state index >= 15 is 0 Å². The lowest BCUT2D eigenvalue weighted by atomic mass is 10.0. The summed E-state index contributed by atoms with van der Waals surface area (Å²) in [6.45, 7) is 1.23. The zero-order chi connectivity index (χ0) is 18.6. The summed E-state index contributed by atoms with van der Waals surface area (Å²) in [5, 5.41) is 8.63. The molecule has 1 unspecified atom stereocenters. The Morgan fingerprint density at radius 1 is 1.00 bits per heavy atom. The highest BCUT2D eigenvalue weighted by molar-refractivity contribution is 5.97. The van der Waals surface area contributed by atoms with E-state index in [9.17, 15) is 9.59 Å². The summed E-state index contributed by atoms with van der Waals surface area (Å²) >= 11 is 0. The van der Waals surface area contributed by atoms with Crippen LogP contribution < -0.4 is 16.0 Å². The number of benzene rings is 2. The number of ether oxygens (including phenoxy) is 1. The lowest BCUT2D eigenvalue weighted by molar-refractivity contribution is -0.125. The van der Waals surface area contributed by atoms with Crippen molar-refractivity contribution in [1.82, 2.24) is 10.6 Å². The summed E-state index contributed by atoms with van der Waals surface area (Å²) in [5.41, 5.74) is 1.68. The topological polar surface area (TPSA) is 79.5 Å². The molecule has 0 bridgehead atoms. The van der Waals surface area contributed by atoms with Crippen molar-refractivity contribution in [2.45, 2.75) is 12.5 Å². The number of amides is 2. The SMILES string of the molecule is COCCNCC(=O)NC(Cc1ccccc1)C(=O)Nc1ccccc1.Cl. The van der Waals surface area contributed by atoms with Crippen molar-refractivity contribution in [1.29, 1.82) is 0 Å². The number of carbonyl (C=O) groups excluding carboxylic acids is 2. The van der Waals surface area contributed by atoms with Crippen LogP contribution in [-0.2, 0) is 20.7 Å². The maximum absolute atomic E-state index is 12.7. The highest BCUT2D eigenvalue weighted by Crippen LogP contribution is 2.09. The fourth-order valence-corrected chi connectivity index (χ4v) is 2.43. The second-order valence-corrected chi connectivity index (χ2v) is 5.83. The lowest BCUT2D eigenvalue weighted by Gasteiger charge is -2.19. The van der Waals surface area contributed by atoms with Gasteiger partial charge in [-0.05, 0) is 17.7 Å². The Morgan fingerprint density at radius 2 is 1.63 bits per heavy atom. The molecule has 1 atom stereocenters. The van der Waals surface area contributed by atoms with Crippen LogP contribution in [0.3, 0.4) is 0 Å². The molecule has 2 amide bonds. The molecule has 0 radical (unpaired) electrons. The Labute approximate surface area is 166 Å². The van der Waals surface area contributed by atoms with E-state index in [0.29, 0.717) is 25.3 Å². The highest BCUT2D eigenvalue weighted by atomic mass is 35.5. The van der Waals surface area contributed by atoms with Crippen LogP contribution >= 0.6 is 12.4 Å². The summed E-state index contributed by atoms with van der Waals surface area (Å²) in [5.74, 6) is -0.476. The highest BCUT2D eigenvalue weighted by Gasteiger charge is 2.21. The maximum atomic E-state index is 12.7. The number of anilines is 1. The number of nitrogens with one attached hydrogen (secondary N) is 3. The first kappa shape index (κ1) is 22.6. The minimum Gasteiger partial charge on any atom is -0.383 e. The number of carbonyl (C=O) groups is 2. The molecule has 2 aromatic rings. The van der Waals surface area contributed by atoms with Crippen LogP contribution in [0.15, 0.2) is 60.7 Å². The number of hydrogen-bond acceptors (Lipinski definition) is 4. The molecule has 0 heterocycles. The molecule has 3 N–H and O–H groups in total. The van der Waals surface area contributed by atoms with Crippen molar-refractivity contribution >= 4 is 29.9 Å². The van der Waals surface area contributed by atoms with Gasteiger partial charge in [-0.2, -0.15) is 0 Å². The van der Waals surface area contributed by atoms with Crippen molar-refractivity contribution in [2.75, 3.05) is 32.1 Å². The molecule has 0 saturated carbocycles. The van der Waals surface area contributed by atoms with E-state index in [-0.39, 0.29) is 30.8 Å². The first-order valence-corrected chi connectivity index (χ1v) is 8.58. The molecule has 0 aliphatic rings. The van der Waals surface area contributed by atoms with Gasteiger partial charge < -0.3 is 20.7 Å². The van der Waals surface area contributed by atoms with Crippen molar-refractivity contribution in [3.63, 3.8) is 0 Å². The standard InChI is InChI=1S/C20H25N3O3.ClH/c1-26-13-12-21-15-19(24)23-18(14-16-8-4-2-5-9-16)20(25)22-17-10-6-3-7-11-17;/h2-11,18,21H,12-15H2,1H3,(H,22,25)(H,23,24);1H. The van der Waals surface area contributed by atoms with Gasteiger partial charge in [0.05, 0.1) is 13.2 Å². The monoisotopic (exact) mass is 391 g/mol. The van der Waals surface area contributed by atoms with Gasteiger partial charge in [0.2, 0.25) is 11.8 Å². The van der Waals surface area contributed by atoms with Gasteiger partial charge in [-0.3, -0.25) is 9.59 Å².